The normalized spacial score (nSPS) is 13.2. The Bertz CT molecular complexity index is 928. The standard InChI is InChI=1S/C12H6N6O/c19-12-17-10-8(11-13-6-14-18(11)12)15-9(16-10)7-4-2-1-3-5-7/h1-6H/p+1. The fourth-order valence-corrected chi connectivity index (χ4v) is 2.01. The van der Waals surface area contributed by atoms with E-state index < -0.39 is 5.69 Å². The van der Waals surface area contributed by atoms with E-state index in [1.807, 2.05) is 30.3 Å². The number of hydrogen-bond donors (Lipinski definition) is 0. The predicted molar refractivity (Wildman–Crippen MR) is 65.2 cm³/mol. The lowest BCUT2D eigenvalue weighted by atomic mass is 10.2. The number of fused-ring (bicyclic) bond motifs is 3. The maximum atomic E-state index is 11.7. The van der Waals surface area contributed by atoms with Crippen LogP contribution in [0.3, 0.4) is 0 Å². The number of amidine groups is 1. The van der Waals surface area contributed by atoms with E-state index in [-0.39, 0.29) is 0 Å². The number of rotatable bonds is 1. The Balaban J connectivity index is 2.02. The Hall–Kier alpha value is -2.96. The highest BCUT2D eigenvalue weighted by Crippen LogP contribution is 2.12. The first-order chi connectivity index (χ1) is 9.33. The number of hydrogen-bond acceptors (Lipinski definition) is 5. The molecule has 0 fully saturated rings. The summed E-state index contributed by atoms with van der Waals surface area (Å²) in [5.41, 5.74) is 0.915. The van der Waals surface area contributed by atoms with Gasteiger partial charge in [-0.2, -0.15) is 4.98 Å². The summed E-state index contributed by atoms with van der Waals surface area (Å²) < 4.78 is 1.17. The second-order valence-corrected chi connectivity index (χ2v) is 4.03. The van der Waals surface area contributed by atoms with Gasteiger partial charge >= 0.3 is 5.69 Å². The first kappa shape index (κ1) is 10.0. The number of benzene rings is 1. The van der Waals surface area contributed by atoms with Crippen LogP contribution < -0.4 is 16.0 Å². The minimum absolute atomic E-state index is 0.327. The minimum atomic E-state index is -0.469. The van der Waals surface area contributed by atoms with Crippen LogP contribution in [-0.2, 0) is 0 Å². The van der Waals surface area contributed by atoms with Gasteiger partial charge in [0.25, 0.3) is 12.0 Å². The van der Waals surface area contributed by atoms with Gasteiger partial charge in [0.2, 0.25) is 0 Å². The fraction of sp³-hybridized carbons (Fsp3) is 0. The number of nitrogens with zero attached hydrogens (tertiary/aromatic N) is 5. The molecule has 0 amide bonds. The van der Waals surface area contributed by atoms with Crippen molar-refractivity contribution in [3.8, 4) is 0 Å². The molecule has 19 heavy (non-hydrogen) atoms. The van der Waals surface area contributed by atoms with Crippen molar-refractivity contribution in [3.05, 3.63) is 58.1 Å². The number of aliphatic imine (C=N–C) groups is 1. The number of nitrogens with one attached hydrogen (secondary N) is 1. The SMILES string of the molecule is O=c1nc2c(c3[nH+]cnn13)=NC(c1ccccc1)=N2. The Labute approximate surface area is 106 Å². The van der Waals surface area contributed by atoms with E-state index in [4.69, 9.17) is 0 Å². The summed E-state index contributed by atoms with van der Waals surface area (Å²) in [5, 5.41) is 4.41. The van der Waals surface area contributed by atoms with Crippen molar-refractivity contribution in [1.82, 2.24) is 14.6 Å². The van der Waals surface area contributed by atoms with Crippen LogP contribution in [0.2, 0.25) is 0 Å². The summed E-state index contributed by atoms with van der Waals surface area (Å²) in [6.07, 6.45) is 1.43. The molecular formula is C12H7N6O+. The smallest absolute Gasteiger partial charge is 0.242 e. The van der Waals surface area contributed by atoms with Crippen LogP contribution in [0.4, 0.5) is 5.82 Å². The third-order valence-corrected chi connectivity index (χ3v) is 2.87. The van der Waals surface area contributed by atoms with E-state index in [0.717, 1.165) is 5.56 Å². The van der Waals surface area contributed by atoms with Crippen LogP contribution in [0, 0.1) is 0 Å². The third-order valence-electron chi connectivity index (χ3n) is 2.87. The summed E-state index contributed by atoms with van der Waals surface area (Å²) in [4.78, 5) is 27.2. The zero-order chi connectivity index (χ0) is 12.8. The van der Waals surface area contributed by atoms with Crippen LogP contribution in [0.25, 0.3) is 5.65 Å². The Kier molecular flexibility index (Phi) is 1.85. The molecule has 0 aliphatic carbocycles. The van der Waals surface area contributed by atoms with Gasteiger partial charge in [-0.05, 0) is 4.52 Å². The Morgan fingerprint density at radius 2 is 1.95 bits per heavy atom. The largest absolute Gasteiger partial charge is 0.444 e. The van der Waals surface area contributed by atoms with Gasteiger partial charge in [-0.15, -0.1) is 0 Å². The summed E-state index contributed by atoms with van der Waals surface area (Å²) in [6, 6.07) is 9.54. The first-order valence-electron chi connectivity index (χ1n) is 5.65. The van der Waals surface area contributed by atoms with Crippen molar-refractivity contribution >= 4 is 17.3 Å². The van der Waals surface area contributed by atoms with Gasteiger partial charge in [0.05, 0.1) is 0 Å². The lowest BCUT2D eigenvalue weighted by Crippen LogP contribution is -2.26. The highest BCUT2D eigenvalue weighted by Gasteiger charge is 2.21. The molecule has 3 aromatic rings. The second kappa shape index (κ2) is 3.52. The maximum absolute atomic E-state index is 11.7. The summed E-state index contributed by atoms with van der Waals surface area (Å²) >= 11 is 0. The number of aromatic nitrogens is 4. The minimum Gasteiger partial charge on any atom is -0.242 e. The maximum Gasteiger partial charge on any atom is 0.444 e. The van der Waals surface area contributed by atoms with E-state index in [9.17, 15) is 4.79 Å². The zero-order valence-corrected chi connectivity index (χ0v) is 9.61. The highest BCUT2D eigenvalue weighted by molar-refractivity contribution is 6.02. The Morgan fingerprint density at radius 3 is 2.79 bits per heavy atom. The number of H-pyrrole nitrogens is 1. The molecule has 0 bridgehead atoms. The lowest BCUT2D eigenvalue weighted by molar-refractivity contribution is -0.347. The molecule has 0 saturated heterocycles. The molecule has 1 N–H and O–H groups in total. The van der Waals surface area contributed by atoms with Crippen LogP contribution in [0.15, 0.2) is 51.4 Å². The van der Waals surface area contributed by atoms with Crippen molar-refractivity contribution in [2.45, 2.75) is 0 Å². The van der Waals surface area contributed by atoms with E-state index in [2.05, 4.69) is 25.1 Å². The summed E-state index contributed by atoms with van der Waals surface area (Å²) in [6.45, 7) is 0. The molecule has 0 atom stereocenters. The van der Waals surface area contributed by atoms with Gasteiger partial charge in [-0.3, -0.25) is 0 Å². The fourth-order valence-electron chi connectivity index (χ4n) is 2.01. The summed E-state index contributed by atoms with van der Waals surface area (Å²) in [7, 11) is 0. The molecule has 2 aromatic heterocycles. The van der Waals surface area contributed by atoms with Crippen molar-refractivity contribution in [1.29, 1.82) is 0 Å². The Morgan fingerprint density at radius 1 is 1.11 bits per heavy atom. The van der Waals surface area contributed by atoms with Crippen molar-refractivity contribution in [3.63, 3.8) is 0 Å². The van der Waals surface area contributed by atoms with E-state index in [1.54, 1.807) is 0 Å². The average Bonchev–Trinajstić information content (AvgIpc) is 3.05. The van der Waals surface area contributed by atoms with Crippen LogP contribution in [0.5, 0.6) is 0 Å². The van der Waals surface area contributed by atoms with Crippen molar-refractivity contribution in [2.75, 3.05) is 0 Å². The van der Waals surface area contributed by atoms with Gasteiger partial charge < -0.3 is 0 Å². The third kappa shape index (κ3) is 1.38. The first-order valence-corrected chi connectivity index (χ1v) is 5.65. The molecule has 0 saturated carbocycles. The average molecular weight is 251 g/mol. The van der Waals surface area contributed by atoms with Crippen LogP contribution >= 0.6 is 0 Å². The van der Waals surface area contributed by atoms with E-state index in [1.165, 1.54) is 10.8 Å². The van der Waals surface area contributed by atoms with Crippen molar-refractivity contribution in [2.24, 2.45) is 9.98 Å². The molecule has 90 valence electrons. The molecule has 0 unspecified atom stereocenters. The van der Waals surface area contributed by atoms with Crippen molar-refractivity contribution < 1.29 is 4.98 Å². The number of aromatic amines is 1. The molecule has 3 heterocycles. The summed E-state index contributed by atoms with van der Waals surface area (Å²) in [5.74, 6) is 0.873. The van der Waals surface area contributed by atoms with E-state index >= 15 is 0 Å². The predicted octanol–water partition coefficient (Wildman–Crippen LogP) is -0.666. The molecule has 7 heteroatoms. The molecule has 1 aliphatic heterocycles. The molecular weight excluding hydrogens is 244 g/mol. The molecule has 0 spiro atoms. The monoisotopic (exact) mass is 251 g/mol. The topological polar surface area (TPSA) is 86.1 Å². The van der Waals surface area contributed by atoms with Gasteiger partial charge in [0, 0.05) is 10.7 Å². The van der Waals surface area contributed by atoms with E-state index in [0.29, 0.717) is 22.7 Å². The zero-order valence-electron chi connectivity index (χ0n) is 9.61. The molecule has 1 aliphatic rings. The van der Waals surface area contributed by atoms with Crippen LogP contribution in [-0.4, -0.2) is 20.4 Å². The van der Waals surface area contributed by atoms with Crippen LogP contribution in [0.1, 0.15) is 5.56 Å². The lowest BCUT2D eigenvalue weighted by Gasteiger charge is -1.94. The quantitative estimate of drug-likeness (QED) is 0.575. The van der Waals surface area contributed by atoms with Gasteiger partial charge in [-0.25, -0.2) is 19.8 Å². The highest BCUT2D eigenvalue weighted by atomic mass is 16.1. The molecule has 0 radical (unpaired) electrons. The molecule has 1 aromatic carbocycles. The van der Waals surface area contributed by atoms with Gasteiger partial charge in [-0.1, -0.05) is 30.3 Å². The van der Waals surface area contributed by atoms with Gasteiger partial charge in [0.15, 0.2) is 17.0 Å². The second-order valence-electron chi connectivity index (χ2n) is 4.03. The van der Waals surface area contributed by atoms with Gasteiger partial charge in [0.1, 0.15) is 0 Å². The molecule has 7 nitrogen and oxygen atoms in total. The molecule has 4 rings (SSSR count).